The fraction of sp³-hybridized carbons (Fsp3) is 0.348. The zero-order valence-corrected chi connectivity index (χ0v) is 15.6. The molecule has 5 rings (SSSR count). The molecule has 0 N–H and O–H groups in total. The molecule has 2 bridgehead atoms. The van der Waals surface area contributed by atoms with Crippen LogP contribution in [-0.4, -0.2) is 17.8 Å². The summed E-state index contributed by atoms with van der Waals surface area (Å²) in [7, 11) is 0. The molecule has 2 saturated carbocycles. The molecule has 1 saturated heterocycles. The Morgan fingerprint density at radius 3 is 2.04 bits per heavy atom. The topological polar surface area (TPSA) is 63.7 Å². The largest absolute Gasteiger partial charge is 0.423 e. The Morgan fingerprint density at radius 1 is 0.893 bits per heavy atom. The van der Waals surface area contributed by atoms with E-state index in [0.29, 0.717) is 28.8 Å². The second kappa shape index (κ2) is 6.30. The van der Waals surface area contributed by atoms with Crippen molar-refractivity contribution in [1.82, 2.24) is 0 Å². The number of amides is 2. The van der Waals surface area contributed by atoms with E-state index in [1.165, 1.54) is 4.90 Å². The van der Waals surface area contributed by atoms with Crippen LogP contribution in [-0.2, 0) is 9.59 Å². The van der Waals surface area contributed by atoms with E-state index in [1.54, 1.807) is 36.4 Å². The van der Waals surface area contributed by atoms with Crippen LogP contribution >= 0.6 is 0 Å². The van der Waals surface area contributed by atoms with Crippen molar-refractivity contribution in [2.24, 2.45) is 23.7 Å². The van der Waals surface area contributed by atoms with Crippen LogP contribution in [0.15, 0.2) is 48.5 Å². The molecule has 3 aliphatic rings. The van der Waals surface area contributed by atoms with Crippen molar-refractivity contribution >= 4 is 23.5 Å². The molecule has 2 aliphatic carbocycles. The molecular formula is C23H21NO4. The van der Waals surface area contributed by atoms with Gasteiger partial charge in [0.25, 0.3) is 0 Å². The lowest BCUT2D eigenvalue weighted by atomic mass is 9.81. The Labute approximate surface area is 163 Å². The monoisotopic (exact) mass is 375 g/mol. The van der Waals surface area contributed by atoms with Crippen molar-refractivity contribution in [3.63, 3.8) is 0 Å². The zero-order chi connectivity index (χ0) is 19.4. The van der Waals surface area contributed by atoms with Crippen LogP contribution in [0.3, 0.4) is 0 Å². The SMILES string of the molecule is Cc1ccc(OC(=O)c2ccc(N3C(=O)C4C5CCC(C5)C4C3=O)cc2)cc1. The fourth-order valence-electron chi connectivity index (χ4n) is 5.18. The van der Waals surface area contributed by atoms with Crippen LogP contribution in [0.1, 0.15) is 35.2 Å². The Balaban J connectivity index is 1.34. The lowest BCUT2D eigenvalue weighted by Crippen LogP contribution is -2.32. The Morgan fingerprint density at radius 2 is 1.46 bits per heavy atom. The summed E-state index contributed by atoms with van der Waals surface area (Å²) in [5, 5.41) is 0. The summed E-state index contributed by atoms with van der Waals surface area (Å²) in [6.07, 6.45) is 3.13. The van der Waals surface area contributed by atoms with Crippen LogP contribution in [0.2, 0.25) is 0 Å². The Bertz CT molecular complexity index is 935. The fourth-order valence-corrected chi connectivity index (χ4v) is 5.18. The number of nitrogens with zero attached hydrogens (tertiary/aromatic N) is 1. The molecule has 5 heteroatoms. The first kappa shape index (κ1) is 17.2. The Hall–Kier alpha value is -2.95. The summed E-state index contributed by atoms with van der Waals surface area (Å²) >= 11 is 0. The highest BCUT2D eigenvalue weighted by atomic mass is 16.5. The molecule has 4 atom stereocenters. The number of benzene rings is 2. The van der Waals surface area contributed by atoms with Gasteiger partial charge in [-0.15, -0.1) is 0 Å². The van der Waals surface area contributed by atoms with E-state index in [0.717, 1.165) is 24.8 Å². The molecule has 5 nitrogen and oxygen atoms in total. The maximum Gasteiger partial charge on any atom is 0.343 e. The number of esters is 1. The second-order valence-corrected chi connectivity index (χ2v) is 8.15. The molecule has 0 aromatic heterocycles. The lowest BCUT2D eigenvalue weighted by molar-refractivity contribution is -0.123. The van der Waals surface area contributed by atoms with Crippen molar-refractivity contribution in [3.05, 3.63) is 59.7 Å². The van der Waals surface area contributed by atoms with Crippen LogP contribution in [0.4, 0.5) is 5.69 Å². The lowest BCUT2D eigenvalue weighted by Gasteiger charge is -2.19. The van der Waals surface area contributed by atoms with Crippen LogP contribution in [0.25, 0.3) is 0 Å². The van der Waals surface area contributed by atoms with E-state index < -0.39 is 5.97 Å². The first-order chi connectivity index (χ1) is 13.5. The normalized spacial score (nSPS) is 28.0. The Kier molecular flexibility index (Phi) is 3.86. The average Bonchev–Trinajstić information content (AvgIpc) is 3.38. The minimum atomic E-state index is -0.468. The van der Waals surface area contributed by atoms with E-state index in [4.69, 9.17) is 4.74 Å². The van der Waals surface area contributed by atoms with Crippen LogP contribution < -0.4 is 9.64 Å². The van der Waals surface area contributed by atoms with Gasteiger partial charge in [-0.05, 0) is 74.4 Å². The number of rotatable bonds is 3. The molecule has 2 aromatic rings. The molecule has 1 aliphatic heterocycles. The van der Waals surface area contributed by atoms with E-state index in [-0.39, 0.29) is 23.7 Å². The summed E-state index contributed by atoms with van der Waals surface area (Å²) in [4.78, 5) is 39.4. The number of carbonyl (C=O) groups excluding carboxylic acids is 3. The average molecular weight is 375 g/mol. The quantitative estimate of drug-likeness (QED) is 0.466. The highest BCUT2D eigenvalue weighted by molar-refractivity contribution is 6.22. The van der Waals surface area contributed by atoms with Crippen LogP contribution in [0.5, 0.6) is 5.75 Å². The minimum absolute atomic E-state index is 0.0721. The summed E-state index contributed by atoms with van der Waals surface area (Å²) in [5.41, 5.74) is 2.00. The van der Waals surface area contributed by atoms with Gasteiger partial charge in [0.15, 0.2) is 0 Å². The van der Waals surface area contributed by atoms with Gasteiger partial charge in [0.2, 0.25) is 11.8 Å². The zero-order valence-electron chi connectivity index (χ0n) is 15.6. The number of aryl methyl sites for hydroxylation is 1. The highest BCUT2D eigenvalue weighted by Gasteiger charge is 2.61. The van der Waals surface area contributed by atoms with Crippen LogP contribution in [0, 0.1) is 30.6 Å². The number of ether oxygens (including phenoxy) is 1. The number of hydrogen-bond donors (Lipinski definition) is 0. The van der Waals surface area contributed by atoms with Gasteiger partial charge >= 0.3 is 5.97 Å². The molecule has 28 heavy (non-hydrogen) atoms. The van der Waals surface area contributed by atoms with E-state index in [9.17, 15) is 14.4 Å². The van der Waals surface area contributed by atoms with Gasteiger partial charge < -0.3 is 4.74 Å². The van der Waals surface area contributed by atoms with Crippen molar-refractivity contribution in [1.29, 1.82) is 0 Å². The standard InChI is InChI=1S/C23H21NO4/c1-13-2-10-18(11-3-13)28-23(27)14-6-8-17(9-7-14)24-21(25)19-15-4-5-16(12-15)20(19)22(24)26/h2-3,6-11,15-16,19-20H,4-5,12H2,1H3. The molecular weight excluding hydrogens is 354 g/mol. The minimum Gasteiger partial charge on any atom is -0.423 e. The summed E-state index contributed by atoms with van der Waals surface area (Å²) in [6, 6.07) is 13.8. The molecule has 3 fully saturated rings. The number of carbonyl (C=O) groups is 3. The first-order valence-electron chi connectivity index (χ1n) is 9.79. The summed E-state index contributed by atoms with van der Waals surface area (Å²) in [6.45, 7) is 1.96. The molecule has 2 amide bonds. The molecule has 2 aromatic carbocycles. The predicted molar refractivity (Wildman–Crippen MR) is 103 cm³/mol. The molecule has 1 heterocycles. The van der Waals surface area contributed by atoms with Crippen molar-refractivity contribution in [3.8, 4) is 5.75 Å². The number of hydrogen-bond acceptors (Lipinski definition) is 4. The van der Waals surface area contributed by atoms with Gasteiger partial charge in [-0.25, -0.2) is 4.79 Å². The van der Waals surface area contributed by atoms with Gasteiger partial charge in [-0.1, -0.05) is 17.7 Å². The van der Waals surface area contributed by atoms with Crippen molar-refractivity contribution < 1.29 is 19.1 Å². The smallest absolute Gasteiger partial charge is 0.343 e. The number of fused-ring (bicyclic) bond motifs is 5. The number of imide groups is 1. The second-order valence-electron chi connectivity index (χ2n) is 8.15. The highest BCUT2D eigenvalue weighted by Crippen LogP contribution is 2.56. The van der Waals surface area contributed by atoms with Crippen molar-refractivity contribution in [2.45, 2.75) is 26.2 Å². The van der Waals surface area contributed by atoms with Gasteiger partial charge in [0.1, 0.15) is 5.75 Å². The third-order valence-corrected chi connectivity index (χ3v) is 6.52. The van der Waals surface area contributed by atoms with Gasteiger partial charge in [0.05, 0.1) is 23.1 Å². The first-order valence-corrected chi connectivity index (χ1v) is 9.79. The third-order valence-electron chi connectivity index (χ3n) is 6.52. The van der Waals surface area contributed by atoms with Gasteiger partial charge in [-0.3, -0.25) is 14.5 Å². The van der Waals surface area contributed by atoms with E-state index >= 15 is 0 Å². The van der Waals surface area contributed by atoms with Crippen molar-refractivity contribution in [2.75, 3.05) is 4.90 Å². The summed E-state index contributed by atoms with van der Waals surface area (Å²) in [5.74, 6) is 0.307. The van der Waals surface area contributed by atoms with E-state index in [2.05, 4.69) is 0 Å². The molecule has 0 spiro atoms. The van der Waals surface area contributed by atoms with Gasteiger partial charge in [-0.2, -0.15) is 0 Å². The van der Waals surface area contributed by atoms with E-state index in [1.807, 2.05) is 19.1 Å². The predicted octanol–water partition coefficient (Wildman–Crippen LogP) is 3.75. The molecule has 4 unspecified atom stereocenters. The third kappa shape index (κ3) is 2.57. The van der Waals surface area contributed by atoms with Gasteiger partial charge in [0, 0.05) is 0 Å². The molecule has 142 valence electrons. The maximum absolute atomic E-state index is 12.9. The maximum atomic E-state index is 12.9. The molecule has 0 radical (unpaired) electrons. The summed E-state index contributed by atoms with van der Waals surface area (Å²) < 4.78 is 5.37. The number of anilines is 1.